The molecule has 0 saturated heterocycles. The predicted molar refractivity (Wildman–Crippen MR) is 75.2 cm³/mol. The van der Waals surface area contributed by atoms with Crippen LogP contribution in [0.15, 0.2) is 22.0 Å². The molecule has 1 amide bonds. The average molecular weight is 318 g/mol. The van der Waals surface area contributed by atoms with E-state index in [0.29, 0.717) is 13.2 Å². The fraction of sp³-hybridized carbons (Fsp3) is 0.417. The van der Waals surface area contributed by atoms with Crippen LogP contribution in [-0.4, -0.2) is 38.1 Å². The Balaban J connectivity index is 2.40. The highest BCUT2D eigenvalue weighted by Crippen LogP contribution is 2.22. The molecule has 0 fully saturated rings. The summed E-state index contributed by atoms with van der Waals surface area (Å²) >= 11 is 4.99. The normalized spacial score (nSPS) is 11.0. The first-order chi connectivity index (χ1) is 8.13. The molecule has 0 N–H and O–H groups in total. The SMILES string of the molecule is COCCCN(C)C(=O)/C=C/c1ccc(Br)s1. The van der Waals surface area contributed by atoms with Crippen LogP contribution in [0.4, 0.5) is 0 Å². The monoisotopic (exact) mass is 317 g/mol. The highest BCUT2D eigenvalue weighted by atomic mass is 79.9. The van der Waals surface area contributed by atoms with Crippen LogP contribution in [0.5, 0.6) is 0 Å². The van der Waals surface area contributed by atoms with E-state index in [4.69, 9.17) is 4.74 Å². The van der Waals surface area contributed by atoms with Crippen LogP contribution in [-0.2, 0) is 9.53 Å². The Labute approximate surface area is 114 Å². The molecule has 0 atom stereocenters. The van der Waals surface area contributed by atoms with Gasteiger partial charge in [0.05, 0.1) is 3.79 Å². The minimum absolute atomic E-state index is 0.0191. The van der Waals surface area contributed by atoms with Gasteiger partial charge in [-0.15, -0.1) is 11.3 Å². The van der Waals surface area contributed by atoms with Crippen LogP contribution in [0.3, 0.4) is 0 Å². The molecule has 0 unspecified atom stereocenters. The third-order valence-electron chi connectivity index (χ3n) is 2.20. The molecule has 94 valence electrons. The van der Waals surface area contributed by atoms with Crippen molar-refractivity contribution in [1.29, 1.82) is 0 Å². The Morgan fingerprint density at radius 1 is 1.59 bits per heavy atom. The Morgan fingerprint density at radius 3 is 2.94 bits per heavy atom. The summed E-state index contributed by atoms with van der Waals surface area (Å²) in [4.78, 5) is 14.5. The minimum Gasteiger partial charge on any atom is -0.385 e. The average Bonchev–Trinajstić information content (AvgIpc) is 2.72. The largest absolute Gasteiger partial charge is 0.385 e. The molecule has 0 saturated carbocycles. The number of halogens is 1. The fourth-order valence-electron chi connectivity index (χ4n) is 1.25. The minimum atomic E-state index is 0.0191. The van der Waals surface area contributed by atoms with E-state index in [9.17, 15) is 4.79 Å². The number of likely N-dealkylation sites (N-methyl/N-ethyl adjacent to an activating group) is 1. The lowest BCUT2D eigenvalue weighted by molar-refractivity contribution is -0.124. The summed E-state index contributed by atoms with van der Waals surface area (Å²) in [6.45, 7) is 1.39. The van der Waals surface area contributed by atoms with Crippen molar-refractivity contribution in [3.63, 3.8) is 0 Å². The molecule has 1 aromatic heterocycles. The highest BCUT2D eigenvalue weighted by Gasteiger charge is 2.04. The number of carbonyl (C=O) groups is 1. The second-order valence-corrected chi connectivity index (χ2v) is 6.08. The molecule has 17 heavy (non-hydrogen) atoms. The van der Waals surface area contributed by atoms with Gasteiger partial charge in [0.15, 0.2) is 0 Å². The predicted octanol–water partition coefficient (Wildman–Crippen LogP) is 3.02. The van der Waals surface area contributed by atoms with Gasteiger partial charge in [-0.3, -0.25) is 4.79 Å². The van der Waals surface area contributed by atoms with Gasteiger partial charge in [-0.1, -0.05) is 0 Å². The van der Waals surface area contributed by atoms with Crippen molar-refractivity contribution < 1.29 is 9.53 Å². The second-order valence-electron chi connectivity index (χ2n) is 3.58. The van der Waals surface area contributed by atoms with Gasteiger partial charge >= 0.3 is 0 Å². The number of hydrogen-bond donors (Lipinski definition) is 0. The Kier molecular flexibility index (Phi) is 6.47. The zero-order chi connectivity index (χ0) is 12.7. The zero-order valence-corrected chi connectivity index (χ0v) is 12.4. The Morgan fingerprint density at radius 2 is 2.35 bits per heavy atom. The molecule has 3 nitrogen and oxygen atoms in total. The number of amides is 1. The summed E-state index contributed by atoms with van der Waals surface area (Å²) in [5.41, 5.74) is 0. The molecule has 1 aromatic rings. The maximum absolute atomic E-state index is 11.7. The third kappa shape index (κ3) is 5.48. The van der Waals surface area contributed by atoms with E-state index < -0.39 is 0 Å². The lowest BCUT2D eigenvalue weighted by atomic mass is 10.3. The van der Waals surface area contributed by atoms with Crippen LogP contribution in [0, 0.1) is 0 Å². The lowest BCUT2D eigenvalue weighted by Gasteiger charge is -2.14. The number of nitrogens with zero attached hydrogens (tertiary/aromatic N) is 1. The van der Waals surface area contributed by atoms with Crippen LogP contribution in [0.2, 0.25) is 0 Å². The number of ether oxygens (including phenoxy) is 1. The molecular weight excluding hydrogens is 302 g/mol. The van der Waals surface area contributed by atoms with Crippen molar-refractivity contribution >= 4 is 39.2 Å². The van der Waals surface area contributed by atoms with E-state index in [2.05, 4.69) is 15.9 Å². The fourth-order valence-corrected chi connectivity index (χ4v) is 2.58. The van der Waals surface area contributed by atoms with E-state index in [1.165, 1.54) is 0 Å². The van der Waals surface area contributed by atoms with Crippen LogP contribution in [0.1, 0.15) is 11.3 Å². The molecule has 0 radical (unpaired) electrons. The zero-order valence-electron chi connectivity index (χ0n) is 9.98. The van der Waals surface area contributed by atoms with Crippen molar-refractivity contribution in [3.8, 4) is 0 Å². The molecule has 0 aromatic carbocycles. The van der Waals surface area contributed by atoms with Gasteiger partial charge in [0.2, 0.25) is 5.91 Å². The van der Waals surface area contributed by atoms with Gasteiger partial charge in [0, 0.05) is 38.3 Å². The summed E-state index contributed by atoms with van der Waals surface area (Å²) in [7, 11) is 3.46. The molecule has 0 aliphatic rings. The van der Waals surface area contributed by atoms with E-state index in [-0.39, 0.29) is 5.91 Å². The van der Waals surface area contributed by atoms with Gasteiger partial charge < -0.3 is 9.64 Å². The van der Waals surface area contributed by atoms with Crippen molar-refractivity contribution in [3.05, 3.63) is 26.9 Å². The number of carbonyl (C=O) groups excluding carboxylic acids is 1. The number of methoxy groups -OCH3 is 1. The van der Waals surface area contributed by atoms with Gasteiger partial charge in [-0.05, 0) is 40.6 Å². The number of hydrogen-bond acceptors (Lipinski definition) is 3. The molecule has 0 aliphatic carbocycles. The summed E-state index contributed by atoms with van der Waals surface area (Å²) in [5, 5.41) is 0. The summed E-state index contributed by atoms with van der Waals surface area (Å²) in [5.74, 6) is 0.0191. The molecule has 0 bridgehead atoms. The number of rotatable bonds is 6. The van der Waals surface area contributed by atoms with Crippen LogP contribution >= 0.6 is 27.3 Å². The van der Waals surface area contributed by atoms with Crippen molar-refractivity contribution in [1.82, 2.24) is 4.90 Å². The van der Waals surface area contributed by atoms with E-state index in [1.807, 2.05) is 18.2 Å². The van der Waals surface area contributed by atoms with Crippen molar-refractivity contribution in [2.75, 3.05) is 27.3 Å². The second kappa shape index (κ2) is 7.63. The Bertz CT molecular complexity index is 390. The first-order valence-electron chi connectivity index (χ1n) is 5.31. The van der Waals surface area contributed by atoms with E-state index in [0.717, 1.165) is 15.1 Å². The number of thiophene rings is 1. The van der Waals surface area contributed by atoms with Crippen LogP contribution < -0.4 is 0 Å². The molecular formula is C12H16BrNO2S. The van der Waals surface area contributed by atoms with Gasteiger partial charge in [0.1, 0.15) is 0 Å². The smallest absolute Gasteiger partial charge is 0.246 e. The summed E-state index contributed by atoms with van der Waals surface area (Å²) in [6, 6.07) is 3.95. The molecule has 0 aliphatic heterocycles. The van der Waals surface area contributed by atoms with E-state index in [1.54, 1.807) is 36.5 Å². The molecule has 1 rings (SSSR count). The molecule has 5 heteroatoms. The summed E-state index contributed by atoms with van der Waals surface area (Å²) < 4.78 is 6.01. The highest BCUT2D eigenvalue weighted by molar-refractivity contribution is 9.11. The topological polar surface area (TPSA) is 29.5 Å². The van der Waals surface area contributed by atoms with Gasteiger partial charge in [-0.2, -0.15) is 0 Å². The maximum Gasteiger partial charge on any atom is 0.246 e. The van der Waals surface area contributed by atoms with E-state index >= 15 is 0 Å². The molecule has 1 heterocycles. The standard InChI is InChI=1S/C12H16BrNO2S/c1-14(8-3-9-16-2)12(15)7-5-10-4-6-11(13)17-10/h4-7H,3,8-9H2,1-2H3/b7-5+. The van der Waals surface area contributed by atoms with Crippen molar-refractivity contribution in [2.45, 2.75) is 6.42 Å². The van der Waals surface area contributed by atoms with Crippen molar-refractivity contribution in [2.24, 2.45) is 0 Å². The quantitative estimate of drug-likeness (QED) is 0.596. The van der Waals surface area contributed by atoms with Gasteiger partial charge in [-0.25, -0.2) is 0 Å². The molecule has 0 spiro atoms. The third-order valence-corrected chi connectivity index (χ3v) is 3.79. The first-order valence-corrected chi connectivity index (χ1v) is 6.92. The first kappa shape index (κ1) is 14.4. The van der Waals surface area contributed by atoms with Crippen LogP contribution in [0.25, 0.3) is 6.08 Å². The Hall–Kier alpha value is -0.650. The maximum atomic E-state index is 11.7. The summed E-state index contributed by atoms with van der Waals surface area (Å²) in [6.07, 6.45) is 4.30. The van der Waals surface area contributed by atoms with Gasteiger partial charge in [0.25, 0.3) is 0 Å². The lowest BCUT2D eigenvalue weighted by Crippen LogP contribution is -2.26.